The summed E-state index contributed by atoms with van der Waals surface area (Å²) in [7, 11) is 0. The van der Waals surface area contributed by atoms with Gasteiger partial charge in [0, 0.05) is 17.7 Å². The van der Waals surface area contributed by atoms with Crippen LogP contribution in [0.15, 0.2) is 10.9 Å². The highest BCUT2D eigenvalue weighted by molar-refractivity contribution is 7.10. The summed E-state index contributed by atoms with van der Waals surface area (Å²) in [6.07, 6.45) is 2.26. The average molecular weight is 273 g/mol. The van der Waals surface area contributed by atoms with E-state index in [0.717, 1.165) is 35.9 Å². The summed E-state index contributed by atoms with van der Waals surface area (Å²) in [4.78, 5) is 20.2. The lowest BCUT2D eigenvalue weighted by atomic mass is 10.3. The molecule has 1 aliphatic carbocycles. The molecule has 0 bridgehead atoms. The zero-order valence-corrected chi connectivity index (χ0v) is 11.0. The van der Waals surface area contributed by atoms with Crippen molar-refractivity contribution >= 4 is 22.4 Å². The third-order valence-corrected chi connectivity index (χ3v) is 3.67. The Bertz CT molecular complexity index is 722. The minimum atomic E-state index is -0.372. The fraction of sp³-hybridized carbons (Fsp3) is 0.333. The molecule has 0 aromatic carbocycles. The molecule has 6 nitrogen and oxygen atoms in total. The summed E-state index contributed by atoms with van der Waals surface area (Å²) >= 11 is 1.10. The van der Waals surface area contributed by atoms with E-state index in [1.807, 2.05) is 13.0 Å². The van der Waals surface area contributed by atoms with Gasteiger partial charge in [-0.15, -0.1) is 0 Å². The Balaban J connectivity index is 1.94. The van der Waals surface area contributed by atoms with Crippen molar-refractivity contribution in [2.75, 3.05) is 5.32 Å². The number of aromatic amines is 1. The molecule has 2 aromatic heterocycles. The molecule has 1 saturated carbocycles. The number of hydrogen-bond donors (Lipinski definition) is 2. The van der Waals surface area contributed by atoms with Crippen LogP contribution in [0.3, 0.4) is 0 Å². The minimum absolute atomic E-state index is 0.0919. The molecule has 96 valence electrons. The molecule has 3 rings (SSSR count). The maximum atomic E-state index is 11.4. The third kappa shape index (κ3) is 2.35. The molecule has 2 heterocycles. The van der Waals surface area contributed by atoms with Gasteiger partial charge >= 0.3 is 0 Å². The van der Waals surface area contributed by atoms with E-state index in [-0.39, 0.29) is 11.1 Å². The van der Waals surface area contributed by atoms with Crippen molar-refractivity contribution in [3.05, 3.63) is 33.5 Å². The fourth-order valence-electron chi connectivity index (χ4n) is 1.79. The molecule has 0 amide bonds. The molecule has 19 heavy (non-hydrogen) atoms. The highest BCUT2D eigenvalue weighted by Gasteiger charge is 2.27. The minimum Gasteiger partial charge on any atom is -0.329 e. The van der Waals surface area contributed by atoms with Crippen LogP contribution in [0.5, 0.6) is 0 Å². The Kier molecular flexibility index (Phi) is 2.80. The van der Waals surface area contributed by atoms with Gasteiger partial charge in [-0.05, 0) is 31.3 Å². The standard InChI is InChI=1S/C12H11N5OS/c1-6-4-9(15-10(14-6)7-2-3-7)16-12-8(5-13)11(18)17-19-12/h4,7H,2-3H2,1H3,(H,17,18)(H,14,15,16). The second-order valence-electron chi connectivity index (χ2n) is 4.50. The highest BCUT2D eigenvalue weighted by atomic mass is 32.1. The maximum absolute atomic E-state index is 11.4. The van der Waals surface area contributed by atoms with Crippen LogP contribution in [-0.2, 0) is 0 Å². The smallest absolute Gasteiger partial charge is 0.278 e. The lowest BCUT2D eigenvalue weighted by Crippen LogP contribution is -2.04. The molecule has 1 aliphatic rings. The van der Waals surface area contributed by atoms with E-state index in [0.29, 0.717) is 16.7 Å². The van der Waals surface area contributed by atoms with Crippen molar-refractivity contribution < 1.29 is 0 Å². The lowest BCUT2D eigenvalue weighted by Gasteiger charge is -2.06. The summed E-state index contributed by atoms with van der Waals surface area (Å²) in [6.45, 7) is 1.91. The summed E-state index contributed by atoms with van der Waals surface area (Å²) < 4.78 is 2.53. The number of anilines is 2. The SMILES string of the molecule is Cc1cc(Nc2s[nH]c(=O)c2C#N)nc(C2CC2)n1. The third-order valence-electron chi connectivity index (χ3n) is 2.87. The summed E-state index contributed by atoms with van der Waals surface area (Å²) in [5, 5.41) is 12.5. The number of rotatable bonds is 3. The molecular formula is C12H11N5OS. The van der Waals surface area contributed by atoms with Crippen LogP contribution in [0.1, 0.15) is 35.8 Å². The summed E-state index contributed by atoms with van der Waals surface area (Å²) in [5.74, 6) is 1.92. The highest BCUT2D eigenvalue weighted by Crippen LogP contribution is 2.38. The number of nitrogens with zero attached hydrogens (tertiary/aromatic N) is 3. The molecule has 0 unspecified atom stereocenters. The van der Waals surface area contributed by atoms with Crippen molar-refractivity contribution in [3.63, 3.8) is 0 Å². The fourth-order valence-corrected chi connectivity index (χ4v) is 2.48. The van der Waals surface area contributed by atoms with Crippen molar-refractivity contribution in [1.29, 1.82) is 5.26 Å². The number of nitrogens with one attached hydrogen (secondary N) is 2. The van der Waals surface area contributed by atoms with Gasteiger partial charge in [-0.1, -0.05) is 0 Å². The van der Waals surface area contributed by atoms with Gasteiger partial charge in [0.1, 0.15) is 22.7 Å². The zero-order valence-electron chi connectivity index (χ0n) is 10.2. The van der Waals surface area contributed by atoms with Gasteiger partial charge in [0.05, 0.1) is 0 Å². The monoisotopic (exact) mass is 273 g/mol. The summed E-state index contributed by atoms with van der Waals surface area (Å²) in [6, 6.07) is 3.69. The second-order valence-corrected chi connectivity index (χ2v) is 5.32. The first-order chi connectivity index (χ1) is 9.17. The number of H-pyrrole nitrogens is 1. The predicted molar refractivity (Wildman–Crippen MR) is 71.7 cm³/mol. The van der Waals surface area contributed by atoms with Crippen LogP contribution in [0.4, 0.5) is 10.8 Å². The molecule has 2 aromatic rings. The zero-order chi connectivity index (χ0) is 13.4. The maximum Gasteiger partial charge on any atom is 0.278 e. The van der Waals surface area contributed by atoms with Crippen LogP contribution in [0.25, 0.3) is 0 Å². The molecule has 0 spiro atoms. The number of nitriles is 1. The van der Waals surface area contributed by atoms with Crippen LogP contribution >= 0.6 is 11.5 Å². The molecule has 0 atom stereocenters. The molecule has 0 saturated heterocycles. The largest absolute Gasteiger partial charge is 0.329 e. The van der Waals surface area contributed by atoms with Crippen LogP contribution in [-0.4, -0.2) is 14.3 Å². The van der Waals surface area contributed by atoms with E-state index in [1.54, 1.807) is 6.07 Å². The Hall–Kier alpha value is -2.20. The van der Waals surface area contributed by atoms with Gasteiger partial charge in [-0.25, -0.2) is 9.97 Å². The van der Waals surface area contributed by atoms with E-state index in [1.165, 1.54) is 0 Å². The van der Waals surface area contributed by atoms with E-state index in [2.05, 4.69) is 19.7 Å². The first-order valence-corrected chi connectivity index (χ1v) is 6.73. The van der Waals surface area contributed by atoms with Gasteiger partial charge in [0.25, 0.3) is 5.56 Å². The Labute approximate surface area is 113 Å². The van der Waals surface area contributed by atoms with Crippen molar-refractivity contribution in [2.45, 2.75) is 25.7 Å². The number of hydrogen-bond acceptors (Lipinski definition) is 6. The molecule has 2 N–H and O–H groups in total. The first-order valence-electron chi connectivity index (χ1n) is 5.91. The predicted octanol–water partition coefficient (Wildman–Crippen LogP) is 2.03. The molecule has 7 heteroatoms. The van der Waals surface area contributed by atoms with Crippen molar-refractivity contribution in [1.82, 2.24) is 14.3 Å². The normalized spacial score (nSPS) is 14.1. The topological polar surface area (TPSA) is 94.5 Å². The Morgan fingerprint density at radius 2 is 2.32 bits per heavy atom. The Morgan fingerprint density at radius 1 is 1.53 bits per heavy atom. The van der Waals surface area contributed by atoms with Gasteiger partial charge < -0.3 is 5.32 Å². The van der Waals surface area contributed by atoms with E-state index < -0.39 is 0 Å². The molecule has 0 radical (unpaired) electrons. The van der Waals surface area contributed by atoms with E-state index >= 15 is 0 Å². The van der Waals surface area contributed by atoms with Crippen LogP contribution in [0, 0.1) is 18.3 Å². The van der Waals surface area contributed by atoms with Crippen molar-refractivity contribution in [2.24, 2.45) is 0 Å². The molecular weight excluding hydrogens is 262 g/mol. The molecule has 0 aliphatic heterocycles. The van der Waals surface area contributed by atoms with Gasteiger partial charge in [-0.3, -0.25) is 9.17 Å². The number of aryl methyl sites for hydroxylation is 1. The average Bonchev–Trinajstić information content (AvgIpc) is 3.15. The van der Waals surface area contributed by atoms with Crippen molar-refractivity contribution in [3.8, 4) is 6.07 Å². The van der Waals surface area contributed by atoms with E-state index in [4.69, 9.17) is 5.26 Å². The van der Waals surface area contributed by atoms with Crippen LogP contribution < -0.4 is 10.9 Å². The first kappa shape index (κ1) is 11.9. The molecule has 1 fully saturated rings. The quantitative estimate of drug-likeness (QED) is 0.892. The van der Waals surface area contributed by atoms with Crippen LogP contribution in [0.2, 0.25) is 0 Å². The van der Waals surface area contributed by atoms with Gasteiger partial charge in [0.2, 0.25) is 0 Å². The van der Waals surface area contributed by atoms with Gasteiger partial charge in [0.15, 0.2) is 5.56 Å². The Morgan fingerprint density at radius 3 is 3.00 bits per heavy atom. The number of aromatic nitrogens is 3. The summed E-state index contributed by atoms with van der Waals surface area (Å²) in [5.41, 5.74) is 0.596. The second kappa shape index (κ2) is 4.48. The lowest BCUT2D eigenvalue weighted by molar-refractivity contribution is 0.910. The van der Waals surface area contributed by atoms with Gasteiger partial charge in [-0.2, -0.15) is 5.26 Å². The van der Waals surface area contributed by atoms with E-state index in [9.17, 15) is 4.79 Å².